The third-order valence-corrected chi connectivity index (χ3v) is 10.4. The summed E-state index contributed by atoms with van der Waals surface area (Å²) < 4.78 is 13.9. The SMILES string of the molecule is CSc1nc2c(c(N3CCN(C(=O)OCc4ccccc4)[C@@H](CC#N)C3)n1)CCN(c1c(C)c(C)cc3c1cnn3C1CCCCO1)C2. The molecule has 2 aromatic heterocycles. The number of aromatic nitrogens is 4. The molecule has 0 saturated carbocycles. The fraction of sp³-hybridized carbons (Fsp3) is 0.472. The molecule has 4 aromatic rings. The van der Waals surface area contributed by atoms with Gasteiger partial charge in [-0.3, -0.25) is 0 Å². The average Bonchev–Trinajstić information content (AvgIpc) is 3.54. The topological polar surface area (TPSA) is 113 Å². The molecule has 250 valence electrons. The Kier molecular flexibility index (Phi) is 9.41. The number of nitrogens with zero attached hydrogens (tertiary/aromatic N) is 8. The van der Waals surface area contributed by atoms with E-state index >= 15 is 0 Å². The molecule has 0 N–H and O–H groups in total. The summed E-state index contributed by atoms with van der Waals surface area (Å²) in [6.07, 6.45) is 7.83. The van der Waals surface area contributed by atoms with Crippen LogP contribution in [0.2, 0.25) is 0 Å². The lowest BCUT2D eigenvalue weighted by Crippen LogP contribution is -2.55. The number of rotatable bonds is 7. The van der Waals surface area contributed by atoms with Crippen molar-refractivity contribution in [2.24, 2.45) is 0 Å². The van der Waals surface area contributed by atoms with E-state index in [0.29, 0.717) is 26.2 Å². The van der Waals surface area contributed by atoms with Gasteiger partial charge in [-0.1, -0.05) is 42.1 Å². The summed E-state index contributed by atoms with van der Waals surface area (Å²) in [5.74, 6) is 0.914. The van der Waals surface area contributed by atoms with Crippen LogP contribution in [-0.4, -0.2) is 75.8 Å². The predicted octanol–water partition coefficient (Wildman–Crippen LogP) is 6.17. The van der Waals surface area contributed by atoms with Crippen LogP contribution in [0.25, 0.3) is 10.9 Å². The Balaban J connectivity index is 1.14. The van der Waals surface area contributed by atoms with Crippen LogP contribution in [0.15, 0.2) is 47.8 Å². The molecule has 0 spiro atoms. The highest BCUT2D eigenvalue weighted by Gasteiger charge is 2.35. The number of amides is 1. The van der Waals surface area contributed by atoms with Crippen LogP contribution in [0.1, 0.15) is 59.9 Å². The van der Waals surface area contributed by atoms with Gasteiger partial charge in [0.15, 0.2) is 11.4 Å². The van der Waals surface area contributed by atoms with Gasteiger partial charge in [-0.2, -0.15) is 10.4 Å². The molecule has 3 aliphatic heterocycles. The Bertz CT molecular complexity index is 1830. The molecule has 2 aromatic carbocycles. The number of fused-ring (bicyclic) bond motifs is 2. The summed E-state index contributed by atoms with van der Waals surface area (Å²) in [6.45, 7) is 8.40. The van der Waals surface area contributed by atoms with Gasteiger partial charge in [-0.05, 0) is 68.5 Å². The Labute approximate surface area is 285 Å². The third-order valence-electron chi connectivity index (χ3n) is 9.89. The lowest BCUT2D eigenvalue weighted by Gasteiger charge is -2.42. The molecule has 48 heavy (non-hydrogen) atoms. The highest BCUT2D eigenvalue weighted by Crippen LogP contribution is 2.39. The highest BCUT2D eigenvalue weighted by atomic mass is 32.2. The minimum atomic E-state index is -0.387. The molecule has 2 atom stereocenters. The molecule has 7 rings (SSSR count). The number of ether oxygens (including phenoxy) is 2. The summed E-state index contributed by atoms with van der Waals surface area (Å²) in [4.78, 5) is 29.6. The van der Waals surface area contributed by atoms with Gasteiger partial charge >= 0.3 is 6.09 Å². The van der Waals surface area contributed by atoms with Gasteiger partial charge in [0.1, 0.15) is 12.4 Å². The fourth-order valence-corrected chi connectivity index (χ4v) is 7.64. The molecule has 2 saturated heterocycles. The zero-order valence-electron chi connectivity index (χ0n) is 27.9. The first-order valence-corrected chi connectivity index (χ1v) is 18.0. The molecule has 1 unspecified atom stereocenters. The standard InChI is InChI=1S/C36H42N8O3S/c1-24-19-31-29(20-38-44(31)32-11-7-8-18-46-32)33(25(24)2)41-15-13-28-30(22-41)39-35(48-3)40-34(28)42-16-17-43(27(21-42)12-14-37)36(45)47-23-26-9-5-4-6-10-26/h4-6,9-10,19-20,27,32H,7-8,11-13,15-18,21-23H2,1-3H3/t27-,32?/m0/s1. The smallest absolute Gasteiger partial charge is 0.410 e. The second-order valence-electron chi connectivity index (χ2n) is 12.8. The summed E-state index contributed by atoms with van der Waals surface area (Å²) >= 11 is 1.53. The Morgan fingerprint density at radius 1 is 1.12 bits per heavy atom. The van der Waals surface area contributed by atoms with Gasteiger partial charge in [-0.15, -0.1) is 0 Å². The van der Waals surface area contributed by atoms with Crippen molar-refractivity contribution in [3.8, 4) is 6.07 Å². The third kappa shape index (κ3) is 6.29. The molecule has 11 nitrogen and oxygen atoms in total. The quantitative estimate of drug-likeness (QED) is 0.168. The first-order valence-electron chi connectivity index (χ1n) is 16.8. The number of benzene rings is 2. The first-order chi connectivity index (χ1) is 23.4. The lowest BCUT2D eigenvalue weighted by atomic mass is 9.99. The number of carbonyl (C=O) groups is 1. The minimum absolute atomic E-state index is 0.0243. The van der Waals surface area contributed by atoms with E-state index < -0.39 is 0 Å². The maximum Gasteiger partial charge on any atom is 0.410 e. The van der Waals surface area contributed by atoms with Crippen molar-refractivity contribution in [3.63, 3.8) is 0 Å². The first kappa shape index (κ1) is 32.2. The molecule has 3 aliphatic rings. The average molecular weight is 667 g/mol. The Morgan fingerprint density at radius 3 is 2.75 bits per heavy atom. The number of hydrogen-bond donors (Lipinski definition) is 0. The normalized spacial score (nSPS) is 19.7. The van der Waals surface area contributed by atoms with Crippen molar-refractivity contribution in [3.05, 3.63) is 70.5 Å². The zero-order chi connectivity index (χ0) is 33.2. The van der Waals surface area contributed by atoms with E-state index in [1.54, 1.807) is 4.90 Å². The lowest BCUT2D eigenvalue weighted by molar-refractivity contribution is -0.0366. The summed E-state index contributed by atoms with van der Waals surface area (Å²) in [6, 6.07) is 13.9. The number of hydrogen-bond acceptors (Lipinski definition) is 10. The second kappa shape index (κ2) is 14.0. The van der Waals surface area contributed by atoms with Crippen molar-refractivity contribution in [2.75, 3.05) is 48.8 Å². The molecule has 5 heterocycles. The van der Waals surface area contributed by atoms with Gasteiger partial charge in [0, 0.05) is 43.7 Å². The maximum atomic E-state index is 13.2. The van der Waals surface area contributed by atoms with E-state index in [-0.39, 0.29) is 31.4 Å². The molecule has 0 radical (unpaired) electrons. The van der Waals surface area contributed by atoms with Gasteiger partial charge in [0.05, 0.1) is 48.2 Å². The van der Waals surface area contributed by atoms with Gasteiger partial charge < -0.3 is 24.2 Å². The highest BCUT2D eigenvalue weighted by molar-refractivity contribution is 7.98. The Morgan fingerprint density at radius 2 is 1.98 bits per heavy atom. The van der Waals surface area contributed by atoms with E-state index in [4.69, 9.17) is 24.5 Å². The van der Waals surface area contributed by atoms with Crippen molar-refractivity contribution >= 4 is 40.3 Å². The summed E-state index contributed by atoms with van der Waals surface area (Å²) in [5.41, 5.74) is 7.91. The number of thioether (sulfide) groups is 1. The van der Waals surface area contributed by atoms with Crippen molar-refractivity contribution in [1.82, 2.24) is 24.6 Å². The molecule has 0 aliphatic carbocycles. The summed E-state index contributed by atoms with van der Waals surface area (Å²) in [5, 5.41) is 16.4. The molecule has 2 fully saturated rings. The van der Waals surface area contributed by atoms with Gasteiger partial charge in [-0.25, -0.2) is 19.4 Å². The van der Waals surface area contributed by atoms with E-state index in [1.807, 2.05) is 42.8 Å². The maximum absolute atomic E-state index is 13.2. The van der Waals surface area contributed by atoms with E-state index in [2.05, 4.69) is 40.5 Å². The van der Waals surface area contributed by atoms with Crippen molar-refractivity contribution in [2.45, 2.75) is 76.5 Å². The second-order valence-corrected chi connectivity index (χ2v) is 13.6. The molecule has 12 heteroatoms. The van der Waals surface area contributed by atoms with Crippen LogP contribution in [0.5, 0.6) is 0 Å². The van der Waals surface area contributed by atoms with Crippen molar-refractivity contribution in [1.29, 1.82) is 5.26 Å². The molecular weight excluding hydrogens is 625 g/mol. The van der Waals surface area contributed by atoms with Gasteiger partial charge in [0.25, 0.3) is 0 Å². The monoisotopic (exact) mass is 666 g/mol. The van der Waals surface area contributed by atoms with Crippen LogP contribution < -0.4 is 9.80 Å². The van der Waals surface area contributed by atoms with Gasteiger partial charge in [0.2, 0.25) is 0 Å². The van der Waals surface area contributed by atoms with Crippen LogP contribution >= 0.6 is 11.8 Å². The van der Waals surface area contributed by atoms with E-state index in [0.717, 1.165) is 77.5 Å². The van der Waals surface area contributed by atoms with Crippen LogP contribution in [0.4, 0.5) is 16.3 Å². The number of aryl methyl sites for hydroxylation is 1. The van der Waals surface area contributed by atoms with Crippen LogP contribution in [0, 0.1) is 25.2 Å². The molecular formula is C36H42N8O3S. The van der Waals surface area contributed by atoms with E-state index in [9.17, 15) is 10.1 Å². The summed E-state index contributed by atoms with van der Waals surface area (Å²) in [7, 11) is 0. The van der Waals surface area contributed by atoms with E-state index in [1.165, 1.54) is 28.6 Å². The number of anilines is 2. The minimum Gasteiger partial charge on any atom is -0.445 e. The number of piperazine rings is 1. The predicted molar refractivity (Wildman–Crippen MR) is 186 cm³/mol. The number of carbonyl (C=O) groups excluding carboxylic acids is 1. The number of nitriles is 1. The fourth-order valence-electron chi connectivity index (χ4n) is 7.26. The zero-order valence-corrected chi connectivity index (χ0v) is 28.7. The van der Waals surface area contributed by atoms with Crippen LogP contribution in [0.3, 0.4) is 0 Å². The largest absolute Gasteiger partial charge is 0.445 e. The van der Waals surface area contributed by atoms with Crippen molar-refractivity contribution < 1.29 is 14.3 Å². The molecule has 0 bridgehead atoms. The molecule has 1 amide bonds. The van der Waals surface area contributed by atoms with Crippen LogP contribution in [-0.2, 0) is 29.0 Å². The Hall–Kier alpha value is -4.34.